The molecule has 0 rings (SSSR count). The van der Waals surface area contributed by atoms with Gasteiger partial charge in [-0.15, -0.1) is 0 Å². The molecule has 68 valence electrons. The Kier molecular flexibility index (Phi) is 5.07. The topological polar surface area (TPSA) is 80.4 Å². The maximum Gasteiger partial charge on any atom is 0.266 e. The molecule has 0 aromatic heterocycles. The van der Waals surface area contributed by atoms with E-state index in [1.807, 2.05) is 6.26 Å². The summed E-state index contributed by atoms with van der Waals surface area (Å²) in [5.74, 6) is 0.476. The van der Waals surface area contributed by atoms with Crippen molar-refractivity contribution in [2.75, 3.05) is 17.8 Å². The minimum Gasteiger partial charge on any atom is -0.327 e. The molecular formula is C5H13NO3S2. The quantitative estimate of drug-likeness (QED) is 0.607. The average molecular weight is 199 g/mol. The molecule has 0 saturated carbocycles. The lowest BCUT2D eigenvalue weighted by atomic mass is 10.3. The Morgan fingerprint density at radius 1 is 1.64 bits per heavy atom. The summed E-state index contributed by atoms with van der Waals surface area (Å²) in [6.45, 7) is 0. The zero-order chi connectivity index (χ0) is 8.91. The summed E-state index contributed by atoms with van der Waals surface area (Å²) in [5, 5.41) is 0. The van der Waals surface area contributed by atoms with E-state index in [0.29, 0.717) is 6.42 Å². The Morgan fingerprint density at radius 3 is 2.55 bits per heavy atom. The van der Waals surface area contributed by atoms with Crippen molar-refractivity contribution in [3.05, 3.63) is 0 Å². The van der Waals surface area contributed by atoms with Crippen LogP contribution in [0.5, 0.6) is 0 Å². The Labute approximate surface area is 71.3 Å². The van der Waals surface area contributed by atoms with E-state index >= 15 is 0 Å². The summed E-state index contributed by atoms with van der Waals surface area (Å²) in [6.07, 6.45) is 2.53. The highest BCUT2D eigenvalue weighted by Crippen LogP contribution is 2.00. The third kappa shape index (κ3) is 8.12. The second-order valence-corrected chi connectivity index (χ2v) is 4.77. The number of hydrogen-bond acceptors (Lipinski definition) is 4. The Morgan fingerprint density at radius 2 is 2.18 bits per heavy atom. The highest BCUT2D eigenvalue weighted by Gasteiger charge is 2.11. The van der Waals surface area contributed by atoms with Crippen molar-refractivity contribution in [3.8, 4) is 0 Å². The van der Waals surface area contributed by atoms with Crippen LogP contribution in [0.15, 0.2) is 0 Å². The molecule has 0 spiro atoms. The fourth-order valence-corrected chi connectivity index (χ4v) is 1.87. The van der Waals surface area contributed by atoms with Gasteiger partial charge in [-0.3, -0.25) is 4.55 Å². The van der Waals surface area contributed by atoms with Crippen LogP contribution in [0, 0.1) is 0 Å². The predicted octanol–water partition coefficient (Wildman–Crippen LogP) is -0.0454. The number of rotatable bonds is 5. The van der Waals surface area contributed by atoms with Crippen LogP contribution >= 0.6 is 11.8 Å². The first-order valence-electron chi connectivity index (χ1n) is 3.15. The van der Waals surface area contributed by atoms with E-state index in [0.717, 1.165) is 5.75 Å². The smallest absolute Gasteiger partial charge is 0.266 e. The average Bonchev–Trinajstić information content (AvgIpc) is 1.79. The second-order valence-electron chi connectivity index (χ2n) is 2.29. The minimum atomic E-state index is -3.89. The summed E-state index contributed by atoms with van der Waals surface area (Å²) >= 11 is 1.60. The SMILES string of the molecule is CSCC[C@@H](N)CS(=O)(=O)O. The summed E-state index contributed by atoms with van der Waals surface area (Å²) < 4.78 is 28.9. The van der Waals surface area contributed by atoms with Crippen LogP contribution < -0.4 is 5.73 Å². The largest absolute Gasteiger partial charge is 0.327 e. The summed E-state index contributed by atoms with van der Waals surface area (Å²) in [7, 11) is -3.89. The van der Waals surface area contributed by atoms with E-state index in [-0.39, 0.29) is 5.75 Å². The third-order valence-electron chi connectivity index (χ3n) is 1.12. The van der Waals surface area contributed by atoms with Gasteiger partial charge in [-0.2, -0.15) is 20.2 Å². The minimum absolute atomic E-state index is 0.340. The molecule has 0 aromatic rings. The normalized spacial score (nSPS) is 14.8. The van der Waals surface area contributed by atoms with Gasteiger partial charge in [-0.25, -0.2) is 0 Å². The second kappa shape index (κ2) is 4.97. The third-order valence-corrected chi connectivity index (χ3v) is 2.61. The number of hydrogen-bond donors (Lipinski definition) is 2. The van der Waals surface area contributed by atoms with Crippen LogP contribution in [0.3, 0.4) is 0 Å². The first-order chi connectivity index (χ1) is 4.95. The maximum absolute atomic E-state index is 10.3. The zero-order valence-electron chi connectivity index (χ0n) is 6.36. The van der Waals surface area contributed by atoms with Crippen LogP contribution in [0.25, 0.3) is 0 Å². The van der Waals surface area contributed by atoms with Gasteiger partial charge in [0.25, 0.3) is 10.1 Å². The molecule has 0 aliphatic rings. The molecule has 0 fully saturated rings. The molecule has 0 aliphatic carbocycles. The van der Waals surface area contributed by atoms with Crippen LogP contribution in [0.4, 0.5) is 0 Å². The highest BCUT2D eigenvalue weighted by molar-refractivity contribution is 7.98. The van der Waals surface area contributed by atoms with E-state index in [9.17, 15) is 8.42 Å². The van der Waals surface area contributed by atoms with Crippen molar-refractivity contribution in [1.82, 2.24) is 0 Å². The maximum atomic E-state index is 10.3. The molecule has 0 aliphatic heterocycles. The molecule has 0 aromatic carbocycles. The summed E-state index contributed by atoms with van der Waals surface area (Å²) in [5.41, 5.74) is 5.39. The van der Waals surface area contributed by atoms with Gasteiger partial charge in [0.2, 0.25) is 0 Å². The summed E-state index contributed by atoms with van der Waals surface area (Å²) in [6, 6.07) is -0.447. The Balaban J connectivity index is 3.61. The molecule has 0 saturated heterocycles. The van der Waals surface area contributed by atoms with E-state index in [2.05, 4.69) is 0 Å². The molecular weight excluding hydrogens is 186 g/mol. The molecule has 4 nitrogen and oxygen atoms in total. The number of thioether (sulfide) groups is 1. The van der Waals surface area contributed by atoms with Crippen LogP contribution in [-0.2, 0) is 10.1 Å². The van der Waals surface area contributed by atoms with Gasteiger partial charge < -0.3 is 5.73 Å². The van der Waals surface area contributed by atoms with Gasteiger partial charge in [-0.1, -0.05) is 0 Å². The van der Waals surface area contributed by atoms with Gasteiger partial charge in [0.05, 0.1) is 5.75 Å². The Hall–Kier alpha value is 0.220. The van der Waals surface area contributed by atoms with Gasteiger partial charge in [0.15, 0.2) is 0 Å². The monoisotopic (exact) mass is 199 g/mol. The molecule has 3 N–H and O–H groups in total. The molecule has 6 heteroatoms. The van der Waals surface area contributed by atoms with Crippen molar-refractivity contribution in [2.24, 2.45) is 5.73 Å². The molecule has 0 unspecified atom stereocenters. The first-order valence-corrected chi connectivity index (χ1v) is 6.15. The molecule has 11 heavy (non-hydrogen) atoms. The molecule has 0 radical (unpaired) electrons. The molecule has 0 bridgehead atoms. The number of nitrogens with two attached hydrogens (primary N) is 1. The lowest BCUT2D eigenvalue weighted by Crippen LogP contribution is -2.29. The van der Waals surface area contributed by atoms with Crippen LogP contribution in [-0.4, -0.2) is 36.8 Å². The standard InChI is InChI=1S/C5H13NO3S2/c1-10-3-2-5(6)4-11(7,8)9/h5H,2-4,6H2,1H3,(H,7,8,9)/t5-/m1/s1. The first kappa shape index (κ1) is 11.2. The van der Waals surface area contributed by atoms with Crippen LogP contribution in [0.2, 0.25) is 0 Å². The van der Waals surface area contributed by atoms with Crippen molar-refractivity contribution in [2.45, 2.75) is 12.5 Å². The van der Waals surface area contributed by atoms with Gasteiger partial charge in [-0.05, 0) is 18.4 Å². The van der Waals surface area contributed by atoms with Crippen molar-refractivity contribution in [1.29, 1.82) is 0 Å². The Bertz CT molecular complexity index is 190. The fourth-order valence-electron chi connectivity index (χ4n) is 0.623. The summed E-state index contributed by atoms with van der Waals surface area (Å²) in [4.78, 5) is 0. The van der Waals surface area contributed by atoms with Crippen molar-refractivity contribution in [3.63, 3.8) is 0 Å². The lowest BCUT2D eigenvalue weighted by Gasteiger charge is -2.06. The molecule has 0 amide bonds. The fraction of sp³-hybridized carbons (Fsp3) is 1.00. The molecule has 1 atom stereocenters. The lowest BCUT2D eigenvalue weighted by molar-refractivity contribution is 0.476. The van der Waals surface area contributed by atoms with E-state index in [1.54, 1.807) is 11.8 Å². The van der Waals surface area contributed by atoms with Crippen molar-refractivity contribution < 1.29 is 13.0 Å². The zero-order valence-corrected chi connectivity index (χ0v) is 7.99. The molecule has 0 heterocycles. The van der Waals surface area contributed by atoms with Gasteiger partial charge in [0, 0.05) is 6.04 Å². The van der Waals surface area contributed by atoms with Crippen LogP contribution in [0.1, 0.15) is 6.42 Å². The van der Waals surface area contributed by atoms with Gasteiger partial charge in [0.1, 0.15) is 0 Å². The van der Waals surface area contributed by atoms with E-state index < -0.39 is 16.2 Å². The predicted molar refractivity (Wildman–Crippen MR) is 47.4 cm³/mol. The van der Waals surface area contributed by atoms with E-state index in [1.165, 1.54) is 0 Å². The van der Waals surface area contributed by atoms with Crippen molar-refractivity contribution >= 4 is 21.9 Å². The van der Waals surface area contributed by atoms with E-state index in [4.69, 9.17) is 10.3 Å². The highest BCUT2D eigenvalue weighted by atomic mass is 32.2. The van der Waals surface area contributed by atoms with Gasteiger partial charge >= 0.3 is 0 Å².